The summed E-state index contributed by atoms with van der Waals surface area (Å²) in [6.07, 6.45) is -0.720. The highest BCUT2D eigenvalue weighted by Gasteiger charge is 2.23. The number of benzene rings is 2. The van der Waals surface area contributed by atoms with Gasteiger partial charge in [-0.05, 0) is 45.0 Å². The predicted octanol–water partition coefficient (Wildman–Crippen LogP) is 4.74. The average Bonchev–Trinajstić information content (AvgIpc) is 3.20. The zero-order valence-electron chi connectivity index (χ0n) is 16.1. The van der Waals surface area contributed by atoms with Crippen molar-refractivity contribution in [2.45, 2.75) is 37.0 Å². The SMILES string of the molecule is Cc1ccc(S[C@H](C)C(=O)O[C@H](C)c2nnc(-c3ccc([N+](=O)[O-])cc3)o2)cc1. The van der Waals surface area contributed by atoms with Gasteiger partial charge in [0.1, 0.15) is 5.25 Å². The van der Waals surface area contributed by atoms with Gasteiger partial charge in [-0.2, -0.15) is 0 Å². The van der Waals surface area contributed by atoms with Crippen LogP contribution in [0.3, 0.4) is 0 Å². The first-order valence-corrected chi connectivity index (χ1v) is 9.73. The normalized spacial score (nSPS) is 12.9. The van der Waals surface area contributed by atoms with Crippen LogP contribution in [0, 0.1) is 17.0 Å². The second-order valence-corrected chi connectivity index (χ2v) is 7.82. The molecule has 2 aromatic carbocycles. The first-order valence-electron chi connectivity index (χ1n) is 8.85. The van der Waals surface area contributed by atoms with E-state index in [1.165, 1.54) is 36.0 Å². The molecule has 29 heavy (non-hydrogen) atoms. The highest BCUT2D eigenvalue weighted by molar-refractivity contribution is 8.00. The van der Waals surface area contributed by atoms with E-state index >= 15 is 0 Å². The van der Waals surface area contributed by atoms with Crippen molar-refractivity contribution in [3.05, 3.63) is 70.1 Å². The average molecular weight is 413 g/mol. The highest BCUT2D eigenvalue weighted by Crippen LogP contribution is 2.27. The molecule has 0 aliphatic carbocycles. The van der Waals surface area contributed by atoms with Crippen LogP contribution in [0.4, 0.5) is 5.69 Å². The minimum Gasteiger partial charge on any atom is -0.452 e. The van der Waals surface area contributed by atoms with Crippen molar-refractivity contribution in [3.8, 4) is 11.5 Å². The first-order chi connectivity index (χ1) is 13.8. The van der Waals surface area contributed by atoms with Crippen LogP contribution in [-0.2, 0) is 9.53 Å². The lowest BCUT2D eigenvalue weighted by molar-refractivity contribution is -0.384. The molecule has 0 bridgehead atoms. The van der Waals surface area contributed by atoms with Crippen LogP contribution < -0.4 is 0 Å². The summed E-state index contributed by atoms with van der Waals surface area (Å²) in [6, 6.07) is 13.6. The maximum absolute atomic E-state index is 12.4. The molecule has 150 valence electrons. The summed E-state index contributed by atoms with van der Waals surface area (Å²) < 4.78 is 11.0. The maximum Gasteiger partial charge on any atom is 0.319 e. The lowest BCUT2D eigenvalue weighted by Crippen LogP contribution is -2.19. The van der Waals surface area contributed by atoms with E-state index in [4.69, 9.17) is 9.15 Å². The van der Waals surface area contributed by atoms with Crippen molar-refractivity contribution in [3.63, 3.8) is 0 Å². The third kappa shape index (κ3) is 5.20. The number of nitro groups is 1. The van der Waals surface area contributed by atoms with Crippen LogP contribution in [0.15, 0.2) is 57.8 Å². The van der Waals surface area contributed by atoms with Crippen molar-refractivity contribution >= 4 is 23.4 Å². The van der Waals surface area contributed by atoms with E-state index in [9.17, 15) is 14.9 Å². The minimum atomic E-state index is -0.720. The van der Waals surface area contributed by atoms with Gasteiger partial charge in [-0.15, -0.1) is 22.0 Å². The number of hydrogen-bond acceptors (Lipinski definition) is 8. The fourth-order valence-corrected chi connectivity index (χ4v) is 3.28. The van der Waals surface area contributed by atoms with Crippen molar-refractivity contribution in [1.29, 1.82) is 0 Å². The maximum atomic E-state index is 12.4. The Labute approximate surface area is 171 Å². The molecule has 0 aliphatic heterocycles. The van der Waals surface area contributed by atoms with E-state index in [0.29, 0.717) is 5.56 Å². The number of non-ortho nitro benzene ring substituents is 1. The molecule has 3 aromatic rings. The summed E-state index contributed by atoms with van der Waals surface area (Å²) in [6.45, 7) is 5.42. The molecule has 1 heterocycles. The fourth-order valence-electron chi connectivity index (χ4n) is 2.43. The van der Waals surface area contributed by atoms with Crippen LogP contribution in [0.1, 0.15) is 31.4 Å². The molecule has 0 saturated heterocycles. The number of ether oxygens (including phenoxy) is 1. The van der Waals surface area contributed by atoms with Gasteiger partial charge in [0, 0.05) is 22.6 Å². The van der Waals surface area contributed by atoms with E-state index in [0.717, 1.165) is 10.5 Å². The number of hydrogen-bond donors (Lipinski definition) is 0. The predicted molar refractivity (Wildman–Crippen MR) is 107 cm³/mol. The Hall–Kier alpha value is -3.20. The van der Waals surface area contributed by atoms with Gasteiger partial charge in [-0.1, -0.05) is 17.7 Å². The topological polar surface area (TPSA) is 108 Å². The quantitative estimate of drug-likeness (QED) is 0.236. The van der Waals surface area contributed by atoms with Crippen molar-refractivity contribution in [2.24, 2.45) is 0 Å². The largest absolute Gasteiger partial charge is 0.452 e. The summed E-state index contributed by atoms with van der Waals surface area (Å²) in [5.41, 5.74) is 1.66. The fraction of sp³-hybridized carbons (Fsp3) is 0.250. The van der Waals surface area contributed by atoms with E-state index in [2.05, 4.69) is 10.2 Å². The molecular weight excluding hydrogens is 394 g/mol. The number of carbonyl (C=O) groups is 1. The number of nitrogens with zero attached hydrogens (tertiary/aromatic N) is 3. The van der Waals surface area contributed by atoms with E-state index < -0.39 is 22.2 Å². The van der Waals surface area contributed by atoms with Crippen LogP contribution in [-0.4, -0.2) is 26.3 Å². The van der Waals surface area contributed by atoms with Gasteiger partial charge in [0.15, 0.2) is 6.10 Å². The van der Waals surface area contributed by atoms with Gasteiger partial charge in [0.25, 0.3) is 11.6 Å². The molecule has 0 saturated carbocycles. The molecule has 0 aliphatic rings. The molecule has 3 rings (SSSR count). The third-order valence-electron chi connectivity index (χ3n) is 4.07. The van der Waals surface area contributed by atoms with Crippen molar-refractivity contribution < 1.29 is 18.9 Å². The second-order valence-electron chi connectivity index (χ2n) is 6.40. The van der Waals surface area contributed by atoms with Gasteiger partial charge < -0.3 is 9.15 Å². The highest BCUT2D eigenvalue weighted by atomic mass is 32.2. The van der Waals surface area contributed by atoms with Crippen LogP contribution in [0.2, 0.25) is 0 Å². The van der Waals surface area contributed by atoms with Gasteiger partial charge in [-0.3, -0.25) is 14.9 Å². The molecule has 0 spiro atoms. The number of carbonyl (C=O) groups excluding carboxylic acids is 1. The zero-order chi connectivity index (χ0) is 21.0. The van der Waals surface area contributed by atoms with Crippen molar-refractivity contribution in [2.75, 3.05) is 0 Å². The summed E-state index contributed by atoms with van der Waals surface area (Å²) in [5.74, 6) is -0.0442. The minimum absolute atomic E-state index is 0.0316. The molecule has 0 unspecified atom stereocenters. The molecule has 1 aromatic heterocycles. The molecule has 0 N–H and O–H groups in total. The Bertz CT molecular complexity index is 1000. The van der Waals surface area contributed by atoms with E-state index in [1.807, 2.05) is 31.2 Å². The first kappa shape index (κ1) is 20.5. The monoisotopic (exact) mass is 413 g/mol. The van der Waals surface area contributed by atoms with Gasteiger partial charge >= 0.3 is 5.97 Å². The second kappa shape index (κ2) is 8.87. The molecule has 8 nitrogen and oxygen atoms in total. The van der Waals surface area contributed by atoms with Gasteiger partial charge in [-0.25, -0.2) is 0 Å². The number of nitro benzene ring substituents is 1. The number of thioether (sulfide) groups is 1. The molecule has 0 radical (unpaired) electrons. The molecular formula is C20H19N3O5S. The van der Waals surface area contributed by atoms with Crippen LogP contribution in [0.5, 0.6) is 0 Å². The Kier molecular flexibility index (Phi) is 6.28. The standard InChI is InChI=1S/C20H19N3O5S/c1-12-4-10-17(11-5-12)29-14(3)20(24)27-13(2)18-21-22-19(28-18)15-6-8-16(9-7-15)23(25)26/h4-11,13-14H,1-3H3/t13-,14-/m1/s1. The van der Waals surface area contributed by atoms with Crippen LogP contribution in [0.25, 0.3) is 11.5 Å². The summed E-state index contributed by atoms with van der Waals surface area (Å²) in [5, 5.41) is 18.2. The van der Waals surface area contributed by atoms with Crippen LogP contribution >= 0.6 is 11.8 Å². The number of aromatic nitrogens is 2. The Morgan fingerprint density at radius 3 is 2.38 bits per heavy atom. The Balaban J connectivity index is 1.61. The number of esters is 1. The summed E-state index contributed by atoms with van der Waals surface area (Å²) in [4.78, 5) is 23.6. The lowest BCUT2D eigenvalue weighted by atomic mass is 10.2. The molecule has 0 amide bonds. The lowest BCUT2D eigenvalue weighted by Gasteiger charge is -2.14. The van der Waals surface area contributed by atoms with Crippen molar-refractivity contribution in [1.82, 2.24) is 10.2 Å². The number of aryl methyl sites for hydroxylation is 1. The molecule has 2 atom stereocenters. The van der Waals surface area contributed by atoms with Gasteiger partial charge in [0.2, 0.25) is 5.89 Å². The Morgan fingerprint density at radius 2 is 1.76 bits per heavy atom. The summed E-state index contributed by atoms with van der Waals surface area (Å²) >= 11 is 1.41. The molecule has 9 heteroatoms. The number of rotatable bonds is 7. The molecule has 0 fully saturated rings. The van der Waals surface area contributed by atoms with Gasteiger partial charge in [0.05, 0.1) is 4.92 Å². The Morgan fingerprint density at radius 1 is 1.10 bits per heavy atom. The third-order valence-corrected chi connectivity index (χ3v) is 5.16. The zero-order valence-corrected chi connectivity index (χ0v) is 16.9. The smallest absolute Gasteiger partial charge is 0.319 e. The summed E-state index contributed by atoms with van der Waals surface area (Å²) in [7, 11) is 0. The van der Waals surface area contributed by atoms with E-state index in [-0.39, 0.29) is 17.5 Å². The van der Waals surface area contributed by atoms with E-state index in [1.54, 1.807) is 13.8 Å².